The van der Waals surface area contributed by atoms with Crippen molar-refractivity contribution in [1.29, 1.82) is 0 Å². The summed E-state index contributed by atoms with van der Waals surface area (Å²) < 4.78 is 5.82. The maximum absolute atomic E-state index is 12.9. The molecule has 2 aliphatic heterocycles. The molecule has 0 aliphatic carbocycles. The number of hydrogen-bond donors (Lipinski definition) is 3. The summed E-state index contributed by atoms with van der Waals surface area (Å²) in [5.74, 6) is 1.43. The number of nitrogens with one attached hydrogen (secondary N) is 3. The Morgan fingerprint density at radius 2 is 2.03 bits per heavy atom. The Labute approximate surface area is 205 Å². The Balaban J connectivity index is 1.54. The Hall–Kier alpha value is -2.58. The molecule has 184 valence electrons. The molecule has 4 rings (SSSR count). The van der Waals surface area contributed by atoms with E-state index in [1.54, 1.807) is 6.07 Å². The molecule has 3 heterocycles. The molecular formula is C25H34ClN5O3. The predicted molar refractivity (Wildman–Crippen MR) is 131 cm³/mol. The van der Waals surface area contributed by atoms with Crippen LogP contribution >= 0.6 is 11.6 Å². The van der Waals surface area contributed by atoms with Gasteiger partial charge < -0.3 is 20.4 Å². The number of benzene rings is 1. The predicted octanol–water partition coefficient (Wildman–Crippen LogP) is 3.38. The van der Waals surface area contributed by atoms with Crippen LogP contribution in [0.3, 0.4) is 0 Å². The largest absolute Gasteiger partial charge is 0.491 e. The number of H-pyrrole nitrogens is 1. The number of imidazole rings is 1. The Morgan fingerprint density at radius 1 is 1.21 bits per heavy atom. The van der Waals surface area contributed by atoms with Gasteiger partial charge in [0.15, 0.2) is 5.15 Å². The average molecular weight is 488 g/mol. The van der Waals surface area contributed by atoms with Gasteiger partial charge in [-0.1, -0.05) is 31.0 Å². The van der Waals surface area contributed by atoms with E-state index in [0.29, 0.717) is 49.1 Å². The van der Waals surface area contributed by atoms with Gasteiger partial charge in [0.25, 0.3) is 5.91 Å². The van der Waals surface area contributed by atoms with E-state index in [0.717, 1.165) is 49.2 Å². The number of nitrogens with zero attached hydrogens (tertiary/aromatic N) is 2. The maximum atomic E-state index is 12.9. The molecular weight excluding hydrogens is 454 g/mol. The van der Waals surface area contributed by atoms with Crippen LogP contribution in [0.25, 0.3) is 0 Å². The SMILES string of the molecule is CCCCc1nc(Cl)c(CN2[C@@H]3CC[C@H]2CC(=O)NCCOc2cc(ccc2C)C(=O)NC3)[nH]1. The van der Waals surface area contributed by atoms with Gasteiger partial charge in [-0.3, -0.25) is 14.5 Å². The van der Waals surface area contributed by atoms with Crippen molar-refractivity contribution in [3.8, 4) is 5.75 Å². The molecule has 34 heavy (non-hydrogen) atoms. The molecule has 1 fully saturated rings. The number of ether oxygens (including phenoxy) is 1. The first-order valence-corrected chi connectivity index (χ1v) is 12.6. The summed E-state index contributed by atoms with van der Waals surface area (Å²) in [5.41, 5.74) is 2.39. The van der Waals surface area contributed by atoms with Crippen molar-refractivity contribution < 1.29 is 14.3 Å². The Morgan fingerprint density at radius 3 is 2.85 bits per heavy atom. The highest BCUT2D eigenvalue weighted by atomic mass is 35.5. The van der Waals surface area contributed by atoms with Crippen LogP contribution in [0.15, 0.2) is 18.2 Å². The molecule has 1 saturated heterocycles. The van der Waals surface area contributed by atoms with E-state index in [1.807, 2.05) is 19.1 Å². The van der Waals surface area contributed by atoms with Gasteiger partial charge in [-0.25, -0.2) is 4.98 Å². The summed E-state index contributed by atoms with van der Waals surface area (Å²) in [4.78, 5) is 35.7. The molecule has 2 aromatic rings. The van der Waals surface area contributed by atoms with E-state index in [9.17, 15) is 9.59 Å². The minimum absolute atomic E-state index is 0.00275. The van der Waals surface area contributed by atoms with E-state index in [-0.39, 0.29) is 23.9 Å². The smallest absolute Gasteiger partial charge is 0.251 e. The van der Waals surface area contributed by atoms with Crippen LogP contribution in [-0.2, 0) is 17.8 Å². The first-order valence-electron chi connectivity index (χ1n) is 12.2. The molecule has 2 atom stereocenters. The van der Waals surface area contributed by atoms with Crippen molar-refractivity contribution in [2.24, 2.45) is 0 Å². The van der Waals surface area contributed by atoms with Crippen LogP contribution in [-0.4, -0.2) is 58.5 Å². The van der Waals surface area contributed by atoms with E-state index in [4.69, 9.17) is 16.3 Å². The fourth-order valence-corrected chi connectivity index (χ4v) is 4.96. The van der Waals surface area contributed by atoms with E-state index >= 15 is 0 Å². The second-order valence-electron chi connectivity index (χ2n) is 9.21. The van der Waals surface area contributed by atoms with Gasteiger partial charge >= 0.3 is 0 Å². The van der Waals surface area contributed by atoms with Crippen LogP contribution < -0.4 is 15.4 Å². The molecule has 4 bridgehead atoms. The van der Waals surface area contributed by atoms with Gasteiger partial charge in [0.05, 0.1) is 12.2 Å². The molecule has 3 N–H and O–H groups in total. The zero-order valence-electron chi connectivity index (χ0n) is 20.0. The third-order valence-corrected chi connectivity index (χ3v) is 7.02. The second-order valence-corrected chi connectivity index (χ2v) is 9.56. The lowest BCUT2D eigenvalue weighted by Gasteiger charge is -2.30. The summed E-state index contributed by atoms with van der Waals surface area (Å²) in [6.07, 6.45) is 5.18. The molecule has 0 saturated carbocycles. The Bertz CT molecular complexity index is 1020. The number of aromatic nitrogens is 2. The number of fused-ring (bicyclic) bond motifs is 4. The summed E-state index contributed by atoms with van der Waals surface area (Å²) in [6.45, 7) is 5.91. The van der Waals surface area contributed by atoms with Gasteiger partial charge in [0.1, 0.15) is 18.2 Å². The minimum atomic E-state index is -0.126. The molecule has 0 radical (unpaired) electrons. The minimum Gasteiger partial charge on any atom is -0.491 e. The fraction of sp³-hybridized carbons (Fsp3) is 0.560. The molecule has 8 nitrogen and oxygen atoms in total. The summed E-state index contributed by atoms with van der Waals surface area (Å²) >= 11 is 6.47. The summed E-state index contributed by atoms with van der Waals surface area (Å²) in [6, 6.07) is 5.63. The highest BCUT2D eigenvalue weighted by Gasteiger charge is 2.35. The van der Waals surface area contributed by atoms with Crippen molar-refractivity contribution in [1.82, 2.24) is 25.5 Å². The number of hydrogen-bond acceptors (Lipinski definition) is 5. The summed E-state index contributed by atoms with van der Waals surface area (Å²) in [7, 11) is 0. The third kappa shape index (κ3) is 5.91. The van der Waals surface area contributed by atoms with Crippen LogP contribution in [0.2, 0.25) is 5.15 Å². The van der Waals surface area contributed by atoms with Crippen molar-refractivity contribution in [2.45, 2.75) is 71.0 Å². The summed E-state index contributed by atoms with van der Waals surface area (Å²) in [5, 5.41) is 6.55. The van der Waals surface area contributed by atoms with Gasteiger partial charge in [-0.05, 0) is 43.9 Å². The number of amides is 2. The standard InChI is InChI=1S/C25H34ClN5O3/c1-3-4-5-22-29-20(24(26)30-22)15-31-18-8-9-19(31)14-28-25(33)17-7-6-16(2)21(12-17)34-11-10-27-23(32)13-18/h6-7,12,18-19H,3-5,8-11,13-15H2,1-2H3,(H,27,32)(H,28,33)(H,29,30)/t18-,19+/m0/s1. The van der Waals surface area contributed by atoms with E-state index in [1.165, 1.54) is 0 Å². The number of unbranched alkanes of at least 4 members (excludes halogenated alkanes) is 1. The molecule has 1 aromatic heterocycles. The van der Waals surface area contributed by atoms with Crippen molar-refractivity contribution in [3.05, 3.63) is 46.0 Å². The third-order valence-electron chi connectivity index (χ3n) is 6.71. The van der Waals surface area contributed by atoms with Crippen LogP contribution in [0.5, 0.6) is 5.75 Å². The second kappa shape index (κ2) is 11.2. The lowest BCUT2D eigenvalue weighted by atomic mass is 10.1. The molecule has 0 unspecified atom stereocenters. The number of carbonyl (C=O) groups excluding carboxylic acids is 2. The van der Waals surface area contributed by atoms with E-state index in [2.05, 4.69) is 32.4 Å². The normalized spacial score (nSPS) is 21.9. The number of aryl methyl sites for hydroxylation is 2. The first-order chi connectivity index (χ1) is 16.4. The molecule has 2 amide bonds. The number of rotatable bonds is 5. The first kappa shape index (κ1) is 24.5. The van der Waals surface area contributed by atoms with Crippen molar-refractivity contribution in [3.63, 3.8) is 0 Å². The quantitative estimate of drug-likeness (QED) is 0.600. The Kier molecular flexibility index (Phi) is 8.11. The number of carbonyl (C=O) groups is 2. The average Bonchev–Trinajstić information content (AvgIpc) is 3.36. The highest BCUT2D eigenvalue weighted by Crippen LogP contribution is 2.30. The molecule has 2 aliphatic rings. The van der Waals surface area contributed by atoms with Crippen LogP contribution in [0, 0.1) is 6.92 Å². The van der Waals surface area contributed by atoms with Gasteiger partial charge in [0, 0.05) is 43.6 Å². The molecule has 0 spiro atoms. The monoisotopic (exact) mass is 487 g/mol. The zero-order valence-corrected chi connectivity index (χ0v) is 20.7. The van der Waals surface area contributed by atoms with Gasteiger partial charge in [-0.15, -0.1) is 0 Å². The van der Waals surface area contributed by atoms with Gasteiger partial charge in [0.2, 0.25) is 5.91 Å². The highest BCUT2D eigenvalue weighted by molar-refractivity contribution is 6.30. The molecule has 9 heteroatoms. The van der Waals surface area contributed by atoms with Crippen LogP contribution in [0.1, 0.15) is 66.5 Å². The number of halogens is 1. The lowest BCUT2D eigenvalue weighted by Crippen LogP contribution is -2.44. The van der Waals surface area contributed by atoms with Gasteiger partial charge in [-0.2, -0.15) is 0 Å². The number of aromatic amines is 1. The zero-order chi connectivity index (χ0) is 24.1. The van der Waals surface area contributed by atoms with E-state index < -0.39 is 0 Å². The topological polar surface area (TPSA) is 99.3 Å². The fourth-order valence-electron chi connectivity index (χ4n) is 4.75. The van der Waals surface area contributed by atoms with Crippen molar-refractivity contribution in [2.75, 3.05) is 19.7 Å². The lowest BCUT2D eigenvalue weighted by molar-refractivity contribution is -0.122. The maximum Gasteiger partial charge on any atom is 0.251 e. The molecule has 1 aromatic carbocycles. The van der Waals surface area contributed by atoms with Crippen LogP contribution in [0.4, 0.5) is 0 Å². The van der Waals surface area contributed by atoms with Crippen molar-refractivity contribution >= 4 is 23.4 Å².